The minimum absolute atomic E-state index is 0. The maximum atomic E-state index is 12.3. The lowest BCUT2D eigenvalue weighted by Gasteiger charge is -2.30. The number of hydrogen-bond donors (Lipinski definition) is 1. The number of nitrogens with zero attached hydrogens (tertiary/aromatic N) is 1. The van der Waals surface area contributed by atoms with E-state index in [2.05, 4.69) is 21.2 Å². The van der Waals surface area contributed by atoms with Crippen LogP contribution in [0.5, 0.6) is 0 Å². The van der Waals surface area contributed by atoms with Gasteiger partial charge in [-0.1, -0.05) is 0 Å². The molecule has 1 atom stereocenters. The van der Waals surface area contributed by atoms with Gasteiger partial charge in [-0.05, 0) is 34.3 Å². The number of hydrogen-bond acceptors (Lipinski definition) is 4. The minimum Gasteiger partial charge on any atom is -0.312 e. The molecular weight excluding hydrogens is 348 g/mol. The van der Waals surface area contributed by atoms with E-state index in [1.54, 1.807) is 15.8 Å². The van der Waals surface area contributed by atoms with E-state index < -0.39 is 10.0 Å². The molecule has 1 fully saturated rings. The minimum atomic E-state index is -3.32. The van der Waals surface area contributed by atoms with Gasteiger partial charge in [-0.3, -0.25) is 0 Å². The van der Waals surface area contributed by atoms with Gasteiger partial charge in [0.25, 0.3) is 10.0 Å². The van der Waals surface area contributed by atoms with E-state index >= 15 is 0 Å². The van der Waals surface area contributed by atoms with E-state index in [0.29, 0.717) is 28.3 Å². The average Bonchev–Trinajstić information content (AvgIpc) is 2.65. The highest BCUT2D eigenvalue weighted by atomic mass is 79.9. The van der Waals surface area contributed by atoms with Crippen LogP contribution in [0.3, 0.4) is 0 Å². The summed E-state index contributed by atoms with van der Waals surface area (Å²) in [6.45, 7) is 3.78. The van der Waals surface area contributed by atoms with Crippen molar-refractivity contribution < 1.29 is 8.42 Å². The molecule has 1 aliphatic heterocycles. The number of thiophene rings is 1. The molecule has 1 N–H and O–H groups in total. The normalized spacial score (nSPS) is 22.1. The van der Waals surface area contributed by atoms with Gasteiger partial charge in [0.2, 0.25) is 0 Å². The Morgan fingerprint density at radius 2 is 2.29 bits per heavy atom. The van der Waals surface area contributed by atoms with Crippen LogP contribution in [-0.4, -0.2) is 38.4 Å². The Morgan fingerprint density at radius 3 is 2.82 bits per heavy atom. The molecule has 0 amide bonds. The molecule has 0 bridgehead atoms. The van der Waals surface area contributed by atoms with Crippen LogP contribution in [-0.2, 0) is 10.0 Å². The molecule has 8 heteroatoms. The fourth-order valence-electron chi connectivity index (χ4n) is 1.70. The summed E-state index contributed by atoms with van der Waals surface area (Å²) < 4.78 is 27.2. The molecule has 0 spiro atoms. The summed E-state index contributed by atoms with van der Waals surface area (Å²) in [5, 5.41) is 5.01. The number of sulfonamides is 1. The lowest BCUT2D eigenvalue weighted by molar-refractivity contribution is 0.310. The van der Waals surface area contributed by atoms with Crippen LogP contribution in [0.1, 0.15) is 6.92 Å². The van der Waals surface area contributed by atoms with Crippen molar-refractivity contribution in [1.29, 1.82) is 0 Å². The summed E-state index contributed by atoms with van der Waals surface area (Å²) in [5.74, 6) is 0. The van der Waals surface area contributed by atoms with Crippen molar-refractivity contribution in [1.82, 2.24) is 9.62 Å². The van der Waals surface area contributed by atoms with Gasteiger partial charge in [0.15, 0.2) is 0 Å². The van der Waals surface area contributed by atoms with Crippen LogP contribution in [0.4, 0.5) is 0 Å². The number of piperazine rings is 1. The van der Waals surface area contributed by atoms with Crippen LogP contribution < -0.4 is 5.32 Å². The fraction of sp³-hybridized carbons (Fsp3) is 0.556. The summed E-state index contributed by atoms with van der Waals surface area (Å²) in [6.07, 6.45) is 0. The number of nitrogens with one attached hydrogen (secondary N) is 1. The first-order valence-corrected chi connectivity index (χ1v) is 8.09. The second-order valence-corrected chi connectivity index (χ2v) is 7.68. The molecule has 1 aromatic heterocycles. The van der Waals surface area contributed by atoms with Crippen molar-refractivity contribution in [2.45, 2.75) is 17.2 Å². The average molecular weight is 362 g/mol. The number of halogens is 2. The molecule has 98 valence electrons. The molecule has 0 saturated carbocycles. The van der Waals surface area contributed by atoms with Crippen LogP contribution in [0.2, 0.25) is 0 Å². The predicted molar refractivity (Wildman–Crippen MR) is 75.5 cm³/mol. The molecule has 0 aromatic carbocycles. The first kappa shape index (κ1) is 15.4. The Balaban J connectivity index is 0.00000144. The second-order valence-electron chi connectivity index (χ2n) is 3.77. The highest BCUT2D eigenvalue weighted by molar-refractivity contribution is 9.10. The van der Waals surface area contributed by atoms with Gasteiger partial charge in [-0.25, -0.2) is 8.42 Å². The molecule has 0 radical (unpaired) electrons. The van der Waals surface area contributed by atoms with Gasteiger partial charge in [-0.15, -0.1) is 23.7 Å². The maximum absolute atomic E-state index is 12.3. The standard InChI is InChI=1S/C9H13BrN2O2S2.ClH/c1-7-6-12(4-3-11-7)16(13,14)9-8(10)2-5-15-9;/h2,5,7,11H,3-4,6H2,1H3;1H/t7-;/m0./s1. The first-order chi connectivity index (χ1) is 7.51. The smallest absolute Gasteiger partial charge is 0.253 e. The summed E-state index contributed by atoms with van der Waals surface area (Å²) in [4.78, 5) is 0. The van der Waals surface area contributed by atoms with Crippen LogP contribution in [0, 0.1) is 0 Å². The van der Waals surface area contributed by atoms with Crippen LogP contribution in [0.25, 0.3) is 0 Å². The summed E-state index contributed by atoms with van der Waals surface area (Å²) >= 11 is 4.53. The van der Waals surface area contributed by atoms with Crippen molar-refractivity contribution in [2.24, 2.45) is 0 Å². The lowest BCUT2D eigenvalue weighted by atomic mass is 10.3. The molecule has 0 aliphatic carbocycles. The zero-order chi connectivity index (χ0) is 11.8. The van der Waals surface area contributed by atoms with Gasteiger partial charge in [0.1, 0.15) is 4.21 Å². The predicted octanol–water partition coefficient (Wildman–Crippen LogP) is 1.91. The van der Waals surface area contributed by atoms with Crippen molar-refractivity contribution in [3.8, 4) is 0 Å². The molecular formula is C9H14BrClN2O2S2. The van der Waals surface area contributed by atoms with Crippen molar-refractivity contribution in [3.05, 3.63) is 15.9 Å². The van der Waals surface area contributed by atoms with Gasteiger partial charge >= 0.3 is 0 Å². The number of rotatable bonds is 2. The highest BCUT2D eigenvalue weighted by Crippen LogP contribution is 2.30. The largest absolute Gasteiger partial charge is 0.312 e. The van der Waals surface area contributed by atoms with Crippen LogP contribution >= 0.6 is 39.7 Å². The Hall–Kier alpha value is 0.340. The molecule has 4 nitrogen and oxygen atoms in total. The van der Waals surface area contributed by atoms with E-state index in [1.165, 1.54) is 11.3 Å². The highest BCUT2D eigenvalue weighted by Gasteiger charge is 2.30. The van der Waals surface area contributed by atoms with Gasteiger partial charge in [-0.2, -0.15) is 4.31 Å². The molecule has 17 heavy (non-hydrogen) atoms. The van der Waals surface area contributed by atoms with E-state index in [4.69, 9.17) is 0 Å². The third-order valence-corrected chi connectivity index (χ3v) is 7.00. The van der Waals surface area contributed by atoms with E-state index in [0.717, 1.165) is 0 Å². The zero-order valence-electron chi connectivity index (χ0n) is 9.22. The molecule has 2 rings (SSSR count). The monoisotopic (exact) mass is 360 g/mol. The lowest BCUT2D eigenvalue weighted by Crippen LogP contribution is -2.51. The Kier molecular flexibility index (Phi) is 5.42. The van der Waals surface area contributed by atoms with Crippen molar-refractivity contribution >= 4 is 49.7 Å². The van der Waals surface area contributed by atoms with Crippen LogP contribution in [0.15, 0.2) is 20.1 Å². The fourth-order valence-corrected chi connectivity index (χ4v) is 5.68. The second kappa shape index (κ2) is 5.99. The van der Waals surface area contributed by atoms with Crippen molar-refractivity contribution in [2.75, 3.05) is 19.6 Å². The van der Waals surface area contributed by atoms with Gasteiger partial charge in [0.05, 0.1) is 0 Å². The van der Waals surface area contributed by atoms with Gasteiger partial charge < -0.3 is 5.32 Å². The molecule has 1 aromatic rings. The van der Waals surface area contributed by atoms with E-state index in [9.17, 15) is 8.42 Å². The first-order valence-electron chi connectivity index (χ1n) is 4.98. The summed E-state index contributed by atoms with van der Waals surface area (Å²) in [6, 6.07) is 1.98. The molecule has 1 saturated heterocycles. The van der Waals surface area contributed by atoms with Crippen molar-refractivity contribution in [3.63, 3.8) is 0 Å². The Bertz CT molecular complexity index is 477. The zero-order valence-corrected chi connectivity index (χ0v) is 13.3. The summed E-state index contributed by atoms with van der Waals surface area (Å²) in [5.41, 5.74) is 0. The molecule has 1 aliphatic rings. The van der Waals surface area contributed by atoms with E-state index in [1.807, 2.05) is 6.92 Å². The molecule has 0 unspecified atom stereocenters. The Labute approximate surface area is 120 Å². The summed E-state index contributed by atoms with van der Waals surface area (Å²) in [7, 11) is -3.32. The van der Waals surface area contributed by atoms with E-state index in [-0.39, 0.29) is 18.4 Å². The Morgan fingerprint density at radius 1 is 1.59 bits per heavy atom. The third-order valence-electron chi connectivity index (χ3n) is 2.49. The van der Waals surface area contributed by atoms with Gasteiger partial charge in [0, 0.05) is 30.1 Å². The quantitative estimate of drug-likeness (QED) is 0.875. The molecule has 2 heterocycles. The third kappa shape index (κ3) is 3.21. The maximum Gasteiger partial charge on any atom is 0.253 e. The topological polar surface area (TPSA) is 49.4 Å². The SMILES string of the molecule is C[C@H]1CN(S(=O)(=O)c2sccc2Br)CCN1.Cl.